The predicted molar refractivity (Wildman–Crippen MR) is 129 cm³/mol. The molecule has 0 aliphatic carbocycles. The molecule has 4 aromatic rings. The first-order valence-electron chi connectivity index (χ1n) is 10.4. The van der Waals surface area contributed by atoms with Crippen LogP contribution in [0, 0.1) is 27.7 Å². The number of hydrogen-bond donors (Lipinski definition) is 1. The Morgan fingerprint density at radius 2 is 1.69 bits per heavy atom. The average Bonchev–Trinajstić information content (AvgIpc) is 3.18. The van der Waals surface area contributed by atoms with Crippen LogP contribution in [0.2, 0.25) is 0 Å². The van der Waals surface area contributed by atoms with Crippen molar-refractivity contribution < 1.29 is 4.79 Å². The highest BCUT2D eigenvalue weighted by Gasteiger charge is 2.19. The summed E-state index contributed by atoms with van der Waals surface area (Å²) in [4.78, 5) is 17.1. The van der Waals surface area contributed by atoms with Crippen molar-refractivity contribution in [2.45, 2.75) is 32.9 Å². The first kappa shape index (κ1) is 21.8. The van der Waals surface area contributed by atoms with Gasteiger partial charge in [-0.3, -0.25) is 14.3 Å². The smallest absolute Gasteiger partial charge is 0.234 e. The highest BCUT2D eigenvalue weighted by molar-refractivity contribution is 7.99. The second-order valence-corrected chi connectivity index (χ2v) is 8.74. The Bertz CT molecular complexity index is 1270. The second kappa shape index (κ2) is 9.36. The van der Waals surface area contributed by atoms with Gasteiger partial charge in [0.25, 0.3) is 0 Å². The van der Waals surface area contributed by atoms with Crippen LogP contribution in [-0.4, -0.2) is 31.4 Å². The van der Waals surface area contributed by atoms with E-state index in [4.69, 9.17) is 0 Å². The summed E-state index contributed by atoms with van der Waals surface area (Å²) in [6, 6.07) is 17.9. The molecule has 0 aliphatic heterocycles. The molecule has 0 radical (unpaired) electrons. The zero-order valence-corrected chi connectivity index (χ0v) is 19.4. The van der Waals surface area contributed by atoms with E-state index in [1.54, 1.807) is 6.20 Å². The minimum absolute atomic E-state index is 0.0866. The van der Waals surface area contributed by atoms with E-state index in [0.717, 1.165) is 28.2 Å². The number of nitrogens with one attached hydrogen (secondary N) is 1. The van der Waals surface area contributed by atoms with Crippen molar-refractivity contribution in [2.24, 2.45) is 0 Å². The highest BCUT2D eigenvalue weighted by atomic mass is 32.2. The van der Waals surface area contributed by atoms with E-state index in [1.165, 1.54) is 22.9 Å². The quantitative estimate of drug-likeness (QED) is 0.410. The third-order valence-electron chi connectivity index (χ3n) is 5.11. The monoisotopic (exact) mass is 443 g/mol. The molecule has 6 nitrogen and oxygen atoms in total. The molecule has 0 fully saturated rings. The minimum Gasteiger partial charge on any atom is -0.325 e. The normalized spacial score (nSPS) is 10.9. The van der Waals surface area contributed by atoms with E-state index < -0.39 is 0 Å². The Morgan fingerprint density at radius 1 is 0.938 bits per heavy atom. The van der Waals surface area contributed by atoms with Crippen molar-refractivity contribution >= 4 is 23.4 Å². The summed E-state index contributed by atoms with van der Waals surface area (Å²) in [5.41, 5.74) is 7.01. The number of hydrogen-bond acceptors (Lipinski definition) is 5. The zero-order valence-electron chi connectivity index (χ0n) is 18.6. The molecule has 0 aliphatic rings. The van der Waals surface area contributed by atoms with Crippen LogP contribution < -0.4 is 5.32 Å². The highest BCUT2D eigenvalue weighted by Crippen LogP contribution is 2.29. The number of anilines is 1. The van der Waals surface area contributed by atoms with E-state index in [9.17, 15) is 4.79 Å². The van der Waals surface area contributed by atoms with Gasteiger partial charge in [0.2, 0.25) is 5.91 Å². The first-order valence-corrected chi connectivity index (χ1v) is 11.4. The van der Waals surface area contributed by atoms with E-state index in [2.05, 4.69) is 58.6 Å². The Labute approximate surface area is 192 Å². The minimum atomic E-state index is -0.0866. The molecule has 32 heavy (non-hydrogen) atoms. The van der Waals surface area contributed by atoms with Gasteiger partial charge in [-0.1, -0.05) is 53.2 Å². The molecule has 4 rings (SSSR count). The van der Waals surface area contributed by atoms with E-state index in [-0.39, 0.29) is 11.7 Å². The van der Waals surface area contributed by atoms with E-state index in [0.29, 0.717) is 11.0 Å². The number of aryl methyl sites for hydroxylation is 4. The summed E-state index contributed by atoms with van der Waals surface area (Å²) in [6.45, 7) is 8.15. The summed E-state index contributed by atoms with van der Waals surface area (Å²) in [6.07, 6.45) is 1.74. The van der Waals surface area contributed by atoms with Crippen molar-refractivity contribution in [2.75, 3.05) is 11.1 Å². The fraction of sp³-hybridized carbons (Fsp3) is 0.200. The predicted octanol–water partition coefficient (Wildman–Crippen LogP) is 5.29. The van der Waals surface area contributed by atoms with Crippen LogP contribution in [0.25, 0.3) is 17.2 Å². The topological polar surface area (TPSA) is 72.7 Å². The average molecular weight is 444 g/mol. The van der Waals surface area contributed by atoms with Gasteiger partial charge in [-0.25, -0.2) is 0 Å². The molecule has 0 saturated carbocycles. The van der Waals surface area contributed by atoms with Crippen molar-refractivity contribution in [1.29, 1.82) is 0 Å². The Hall–Kier alpha value is -3.45. The molecule has 1 amide bonds. The number of thioether (sulfide) groups is 1. The van der Waals surface area contributed by atoms with E-state index >= 15 is 0 Å². The van der Waals surface area contributed by atoms with Gasteiger partial charge in [-0.05, 0) is 63.1 Å². The van der Waals surface area contributed by atoms with Crippen molar-refractivity contribution in [3.63, 3.8) is 0 Å². The molecule has 0 saturated heterocycles. The van der Waals surface area contributed by atoms with Gasteiger partial charge in [0.05, 0.1) is 11.4 Å². The Balaban J connectivity index is 1.62. The maximum atomic E-state index is 12.7. The number of carbonyl (C=O) groups excluding carboxylic acids is 1. The molecular formula is C25H25N5OS. The number of rotatable bonds is 6. The Morgan fingerprint density at radius 3 is 2.38 bits per heavy atom. The SMILES string of the molecule is Cc1ccc(NC(=O)CSc2nnc(-c3ccccn3)n2-c2ccc(C)cc2C)c(C)c1. The van der Waals surface area contributed by atoms with E-state index in [1.807, 2.05) is 48.7 Å². The number of nitrogens with zero attached hydrogens (tertiary/aromatic N) is 4. The molecule has 162 valence electrons. The molecule has 2 aromatic carbocycles. The standard InChI is InChI=1S/C25H25N5OS/c1-16-8-10-20(18(3)13-16)27-23(31)15-32-25-29-28-24(21-7-5-6-12-26-21)30(25)22-11-9-17(2)14-19(22)4/h5-14H,15H2,1-4H3,(H,27,31). The fourth-order valence-corrected chi connectivity index (χ4v) is 4.31. The summed E-state index contributed by atoms with van der Waals surface area (Å²) in [5, 5.41) is 12.4. The number of amides is 1. The Kier molecular flexibility index (Phi) is 6.37. The van der Waals surface area contributed by atoms with Crippen LogP contribution in [-0.2, 0) is 4.79 Å². The van der Waals surface area contributed by atoms with Crippen LogP contribution in [0.15, 0.2) is 66.0 Å². The van der Waals surface area contributed by atoms with Crippen molar-refractivity contribution in [3.8, 4) is 17.2 Å². The van der Waals surface area contributed by atoms with Gasteiger partial charge < -0.3 is 5.32 Å². The maximum absolute atomic E-state index is 12.7. The lowest BCUT2D eigenvalue weighted by Crippen LogP contribution is -2.15. The lowest BCUT2D eigenvalue weighted by Gasteiger charge is -2.13. The molecule has 2 heterocycles. The summed E-state index contributed by atoms with van der Waals surface area (Å²) < 4.78 is 1.98. The van der Waals surface area contributed by atoms with Gasteiger partial charge in [0.15, 0.2) is 11.0 Å². The lowest BCUT2D eigenvalue weighted by atomic mass is 10.1. The first-order chi connectivity index (χ1) is 15.4. The van der Waals surface area contributed by atoms with Gasteiger partial charge >= 0.3 is 0 Å². The summed E-state index contributed by atoms with van der Waals surface area (Å²) >= 11 is 1.36. The van der Waals surface area contributed by atoms with Gasteiger partial charge in [0, 0.05) is 11.9 Å². The molecule has 0 unspecified atom stereocenters. The summed E-state index contributed by atoms with van der Waals surface area (Å²) in [7, 11) is 0. The largest absolute Gasteiger partial charge is 0.325 e. The van der Waals surface area contributed by atoms with Crippen LogP contribution in [0.4, 0.5) is 5.69 Å². The van der Waals surface area contributed by atoms with Gasteiger partial charge in [-0.2, -0.15) is 0 Å². The number of pyridine rings is 1. The van der Waals surface area contributed by atoms with Gasteiger partial charge in [-0.15, -0.1) is 10.2 Å². The molecule has 0 atom stereocenters. The van der Waals surface area contributed by atoms with Crippen LogP contribution in [0.1, 0.15) is 22.3 Å². The number of carbonyl (C=O) groups is 1. The number of aromatic nitrogens is 4. The third kappa shape index (κ3) is 4.73. The maximum Gasteiger partial charge on any atom is 0.234 e. The molecule has 7 heteroatoms. The van der Waals surface area contributed by atoms with Gasteiger partial charge in [0.1, 0.15) is 5.69 Å². The molecule has 1 N–H and O–H groups in total. The van der Waals surface area contributed by atoms with Crippen molar-refractivity contribution in [1.82, 2.24) is 19.7 Å². The summed E-state index contributed by atoms with van der Waals surface area (Å²) in [5.74, 6) is 0.782. The third-order valence-corrected chi connectivity index (χ3v) is 6.04. The van der Waals surface area contributed by atoms with Crippen LogP contribution in [0.5, 0.6) is 0 Å². The van der Waals surface area contributed by atoms with Crippen LogP contribution in [0.3, 0.4) is 0 Å². The lowest BCUT2D eigenvalue weighted by molar-refractivity contribution is -0.113. The second-order valence-electron chi connectivity index (χ2n) is 7.80. The van der Waals surface area contributed by atoms with Crippen LogP contribution >= 0.6 is 11.8 Å². The van der Waals surface area contributed by atoms with Crippen molar-refractivity contribution in [3.05, 3.63) is 83.0 Å². The molecule has 0 bridgehead atoms. The number of benzene rings is 2. The molecule has 0 spiro atoms. The molecular weight excluding hydrogens is 418 g/mol. The molecule has 2 aromatic heterocycles. The fourth-order valence-electron chi connectivity index (χ4n) is 3.57. The zero-order chi connectivity index (χ0) is 22.7.